The van der Waals surface area contributed by atoms with Gasteiger partial charge >= 0.3 is 0 Å². The zero-order valence-electron chi connectivity index (χ0n) is 18.8. The molecule has 2 N–H and O–H groups in total. The number of nitrogens with zero attached hydrogens (tertiary/aromatic N) is 2. The minimum Gasteiger partial charge on any atom is -0.381 e. The first-order valence-electron chi connectivity index (χ1n) is 11.6. The predicted octanol–water partition coefficient (Wildman–Crippen LogP) is 5.19. The standard InChI is InChI=1S/C28H28N4O/c1-19-2-4-20(5-3-19)28(33)15-26-13-23-12-21(6-7-22(23)17-31-26)24-14-27(18-30-16-24)32-25-8-10-29-11-9-25/h2-7,12-14,16-18,25,29,32H,8-11,15H2,1H3. The van der Waals surface area contributed by atoms with E-state index in [4.69, 9.17) is 0 Å². The topological polar surface area (TPSA) is 66.9 Å². The van der Waals surface area contributed by atoms with Crippen LogP contribution in [0.3, 0.4) is 0 Å². The summed E-state index contributed by atoms with van der Waals surface area (Å²) in [5.41, 5.74) is 5.88. The van der Waals surface area contributed by atoms with Gasteiger partial charge in [0.15, 0.2) is 5.78 Å². The second kappa shape index (κ2) is 9.51. The van der Waals surface area contributed by atoms with E-state index < -0.39 is 0 Å². The summed E-state index contributed by atoms with van der Waals surface area (Å²) in [7, 11) is 0. The molecule has 0 aliphatic carbocycles. The van der Waals surface area contributed by atoms with Gasteiger partial charge in [-0.25, -0.2) is 0 Å². The van der Waals surface area contributed by atoms with Crippen molar-refractivity contribution >= 4 is 22.2 Å². The van der Waals surface area contributed by atoms with Crippen LogP contribution in [0, 0.1) is 6.92 Å². The number of hydrogen-bond acceptors (Lipinski definition) is 5. The van der Waals surface area contributed by atoms with Crippen LogP contribution in [0.5, 0.6) is 0 Å². The molecule has 0 spiro atoms. The number of rotatable bonds is 6. The normalized spacial score (nSPS) is 14.3. The van der Waals surface area contributed by atoms with Gasteiger partial charge in [-0.2, -0.15) is 0 Å². The summed E-state index contributed by atoms with van der Waals surface area (Å²) >= 11 is 0. The molecule has 2 aromatic carbocycles. The SMILES string of the molecule is Cc1ccc(C(=O)Cc2cc3cc(-c4cncc(NC5CCNCC5)c4)ccc3cn2)cc1. The minimum absolute atomic E-state index is 0.0823. The lowest BCUT2D eigenvalue weighted by Gasteiger charge is -2.24. The van der Waals surface area contributed by atoms with Crippen LogP contribution >= 0.6 is 0 Å². The van der Waals surface area contributed by atoms with Gasteiger partial charge in [0, 0.05) is 46.8 Å². The number of piperidine rings is 1. The monoisotopic (exact) mass is 436 g/mol. The molecule has 0 bridgehead atoms. The number of benzene rings is 2. The van der Waals surface area contributed by atoms with Crippen molar-refractivity contribution in [2.75, 3.05) is 18.4 Å². The molecule has 0 radical (unpaired) electrons. The molecule has 0 amide bonds. The zero-order chi connectivity index (χ0) is 22.6. The number of pyridine rings is 2. The number of Topliss-reactive ketones (excluding diaryl/α,β-unsaturated/α-hetero) is 1. The highest BCUT2D eigenvalue weighted by Crippen LogP contribution is 2.27. The third kappa shape index (κ3) is 5.10. The molecule has 2 aromatic heterocycles. The Morgan fingerprint density at radius 3 is 2.58 bits per heavy atom. The van der Waals surface area contributed by atoms with Gasteiger partial charge in [-0.1, -0.05) is 42.0 Å². The Kier molecular flexibility index (Phi) is 6.13. The lowest BCUT2D eigenvalue weighted by molar-refractivity contribution is 0.0992. The predicted molar refractivity (Wildman–Crippen MR) is 134 cm³/mol. The number of aryl methyl sites for hydroxylation is 1. The van der Waals surface area contributed by atoms with E-state index in [0.717, 1.165) is 70.3 Å². The van der Waals surface area contributed by atoms with Crippen LogP contribution in [0.1, 0.15) is 34.5 Å². The zero-order valence-corrected chi connectivity index (χ0v) is 18.8. The molecule has 0 atom stereocenters. The number of ketones is 1. The van der Waals surface area contributed by atoms with E-state index in [2.05, 4.69) is 44.9 Å². The number of aromatic nitrogens is 2. The lowest BCUT2D eigenvalue weighted by Crippen LogP contribution is -2.35. The van der Waals surface area contributed by atoms with E-state index in [1.165, 1.54) is 0 Å². The molecule has 3 heterocycles. The van der Waals surface area contributed by atoms with Crippen LogP contribution in [0.2, 0.25) is 0 Å². The summed E-state index contributed by atoms with van der Waals surface area (Å²) in [6, 6.07) is 18.7. The van der Waals surface area contributed by atoms with Crippen molar-refractivity contribution in [2.24, 2.45) is 0 Å². The molecule has 1 aliphatic rings. The first-order valence-corrected chi connectivity index (χ1v) is 11.6. The summed E-state index contributed by atoms with van der Waals surface area (Å²) in [5, 5.41) is 9.16. The van der Waals surface area contributed by atoms with E-state index in [9.17, 15) is 4.79 Å². The highest BCUT2D eigenvalue weighted by Gasteiger charge is 2.13. The number of anilines is 1. The molecule has 5 rings (SSSR count). The molecule has 5 heteroatoms. The molecule has 4 aromatic rings. The molecular weight excluding hydrogens is 408 g/mol. The first kappa shape index (κ1) is 21.3. The maximum Gasteiger partial charge on any atom is 0.168 e. The molecule has 0 saturated carbocycles. The summed E-state index contributed by atoms with van der Waals surface area (Å²) in [4.78, 5) is 21.7. The molecule has 0 unspecified atom stereocenters. The second-order valence-corrected chi connectivity index (χ2v) is 8.83. The number of nitrogens with one attached hydrogen (secondary N) is 2. The Morgan fingerprint density at radius 2 is 1.76 bits per heavy atom. The minimum atomic E-state index is 0.0823. The maximum absolute atomic E-state index is 12.7. The molecule has 33 heavy (non-hydrogen) atoms. The van der Waals surface area contributed by atoms with E-state index >= 15 is 0 Å². The van der Waals surface area contributed by atoms with Crippen LogP contribution < -0.4 is 10.6 Å². The van der Waals surface area contributed by atoms with E-state index in [1.807, 2.05) is 55.8 Å². The number of carbonyl (C=O) groups is 1. The van der Waals surface area contributed by atoms with E-state index in [1.54, 1.807) is 0 Å². The van der Waals surface area contributed by atoms with E-state index in [-0.39, 0.29) is 5.78 Å². The van der Waals surface area contributed by atoms with Gasteiger partial charge in [-0.3, -0.25) is 14.8 Å². The molecule has 1 saturated heterocycles. The van der Waals surface area contributed by atoms with Crippen LogP contribution in [0.25, 0.3) is 21.9 Å². The molecule has 1 aliphatic heterocycles. The van der Waals surface area contributed by atoms with Crippen LogP contribution in [-0.4, -0.2) is 34.9 Å². The van der Waals surface area contributed by atoms with Crippen molar-refractivity contribution in [3.63, 3.8) is 0 Å². The molecular formula is C28H28N4O. The Hall–Kier alpha value is -3.57. The third-order valence-electron chi connectivity index (χ3n) is 6.28. The van der Waals surface area contributed by atoms with Gasteiger partial charge in [0.05, 0.1) is 12.1 Å². The third-order valence-corrected chi connectivity index (χ3v) is 6.28. The van der Waals surface area contributed by atoms with Gasteiger partial charge in [0.2, 0.25) is 0 Å². The quantitative estimate of drug-likeness (QED) is 0.407. The maximum atomic E-state index is 12.7. The number of carbonyl (C=O) groups excluding carboxylic acids is 1. The van der Waals surface area contributed by atoms with Crippen molar-refractivity contribution in [3.05, 3.63) is 90.0 Å². The highest BCUT2D eigenvalue weighted by molar-refractivity contribution is 5.98. The average Bonchev–Trinajstić information content (AvgIpc) is 2.85. The summed E-state index contributed by atoms with van der Waals surface area (Å²) in [6.45, 7) is 4.13. The van der Waals surface area contributed by atoms with Gasteiger partial charge in [-0.15, -0.1) is 0 Å². The van der Waals surface area contributed by atoms with Crippen molar-refractivity contribution in [1.29, 1.82) is 0 Å². The Morgan fingerprint density at radius 1 is 0.939 bits per heavy atom. The Labute approximate surface area is 194 Å². The highest BCUT2D eigenvalue weighted by atomic mass is 16.1. The van der Waals surface area contributed by atoms with Gasteiger partial charge in [0.1, 0.15) is 0 Å². The van der Waals surface area contributed by atoms with Crippen LogP contribution in [-0.2, 0) is 6.42 Å². The number of fused-ring (bicyclic) bond motifs is 1. The van der Waals surface area contributed by atoms with Gasteiger partial charge < -0.3 is 10.6 Å². The molecule has 1 fully saturated rings. The lowest BCUT2D eigenvalue weighted by atomic mass is 10.0. The van der Waals surface area contributed by atoms with Gasteiger partial charge in [-0.05, 0) is 62.0 Å². The fraction of sp³-hybridized carbons (Fsp3) is 0.250. The van der Waals surface area contributed by atoms with Crippen LogP contribution in [0.4, 0.5) is 5.69 Å². The summed E-state index contributed by atoms with van der Waals surface area (Å²) in [5.74, 6) is 0.0823. The van der Waals surface area contributed by atoms with Crippen molar-refractivity contribution in [2.45, 2.75) is 32.2 Å². The summed E-state index contributed by atoms with van der Waals surface area (Å²) in [6.07, 6.45) is 8.18. The Bertz CT molecular complexity index is 1280. The van der Waals surface area contributed by atoms with Crippen molar-refractivity contribution < 1.29 is 4.79 Å². The number of hydrogen-bond donors (Lipinski definition) is 2. The smallest absolute Gasteiger partial charge is 0.168 e. The summed E-state index contributed by atoms with van der Waals surface area (Å²) < 4.78 is 0. The fourth-order valence-electron chi connectivity index (χ4n) is 4.35. The van der Waals surface area contributed by atoms with Crippen LogP contribution in [0.15, 0.2) is 73.2 Å². The average molecular weight is 437 g/mol. The van der Waals surface area contributed by atoms with Crippen molar-refractivity contribution in [3.8, 4) is 11.1 Å². The largest absolute Gasteiger partial charge is 0.381 e. The first-order chi connectivity index (χ1) is 16.1. The fourth-order valence-corrected chi connectivity index (χ4v) is 4.35. The van der Waals surface area contributed by atoms with Gasteiger partial charge in [0.25, 0.3) is 0 Å². The molecule has 5 nitrogen and oxygen atoms in total. The Balaban J connectivity index is 1.37. The van der Waals surface area contributed by atoms with Crippen molar-refractivity contribution in [1.82, 2.24) is 15.3 Å². The molecule has 166 valence electrons. The van der Waals surface area contributed by atoms with E-state index in [0.29, 0.717) is 12.5 Å². The second-order valence-electron chi connectivity index (χ2n) is 8.83.